The second kappa shape index (κ2) is 4.65. The molecule has 1 aromatic heterocycles. The Balaban J connectivity index is 2.20. The lowest BCUT2D eigenvalue weighted by Crippen LogP contribution is -2.34. The zero-order valence-electron chi connectivity index (χ0n) is 9.15. The van der Waals surface area contributed by atoms with Crippen LogP contribution >= 0.6 is 11.6 Å². The Labute approximate surface area is 99.4 Å². The van der Waals surface area contributed by atoms with Crippen molar-refractivity contribution in [3.63, 3.8) is 0 Å². The average molecular weight is 240 g/mol. The number of nitrogens with two attached hydrogens (primary N) is 1. The van der Waals surface area contributed by atoms with Gasteiger partial charge in [-0.25, -0.2) is 4.98 Å². The van der Waals surface area contributed by atoms with Crippen molar-refractivity contribution in [3.05, 3.63) is 16.9 Å². The fraction of sp³-hybridized carbons (Fsp3) is 0.500. The number of nitrogens with zero attached hydrogens (tertiary/aromatic N) is 4. The lowest BCUT2D eigenvalue weighted by atomic mass is 10.4. The van der Waals surface area contributed by atoms with Gasteiger partial charge in [-0.1, -0.05) is 11.6 Å². The van der Waals surface area contributed by atoms with Crippen molar-refractivity contribution < 1.29 is 0 Å². The van der Waals surface area contributed by atoms with Crippen molar-refractivity contribution in [2.45, 2.75) is 19.8 Å². The molecule has 0 aliphatic carbocycles. The zero-order chi connectivity index (χ0) is 11.5. The number of aliphatic imine (C=N–C) groups is 1. The summed E-state index contributed by atoms with van der Waals surface area (Å²) in [6, 6.07) is 1.69. The van der Waals surface area contributed by atoms with E-state index in [1.807, 2.05) is 11.8 Å². The smallest absolute Gasteiger partial charge is 0.254 e. The van der Waals surface area contributed by atoms with Gasteiger partial charge in [0.2, 0.25) is 0 Å². The van der Waals surface area contributed by atoms with Crippen molar-refractivity contribution in [3.8, 4) is 0 Å². The molecule has 1 fully saturated rings. The highest BCUT2D eigenvalue weighted by atomic mass is 35.5. The van der Waals surface area contributed by atoms with Crippen molar-refractivity contribution in [1.82, 2.24) is 14.9 Å². The van der Waals surface area contributed by atoms with Crippen LogP contribution in [0.2, 0.25) is 5.15 Å². The highest BCUT2D eigenvalue weighted by molar-refractivity contribution is 6.29. The summed E-state index contributed by atoms with van der Waals surface area (Å²) in [5.74, 6) is 0.800. The van der Waals surface area contributed by atoms with Gasteiger partial charge in [0.15, 0.2) is 5.96 Å². The minimum absolute atomic E-state index is 0.328. The molecule has 16 heavy (non-hydrogen) atoms. The molecular weight excluding hydrogens is 226 g/mol. The molecule has 0 saturated carbocycles. The van der Waals surface area contributed by atoms with Crippen LogP contribution in [0.4, 0.5) is 5.95 Å². The maximum absolute atomic E-state index is 5.86. The van der Waals surface area contributed by atoms with E-state index in [1.54, 1.807) is 6.07 Å². The molecule has 0 aromatic carbocycles. The van der Waals surface area contributed by atoms with Gasteiger partial charge in [-0.3, -0.25) is 0 Å². The predicted molar refractivity (Wildman–Crippen MR) is 63.9 cm³/mol. The number of halogens is 1. The number of aromatic nitrogens is 2. The largest absolute Gasteiger partial charge is 0.369 e. The molecule has 2 rings (SSSR count). The van der Waals surface area contributed by atoms with Gasteiger partial charge in [0.25, 0.3) is 5.95 Å². The summed E-state index contributed by atoms with van der Waals surface area (Å²) in [5.41, 5.74) is 6.65. The molecule has 0 unspecified atom stereocenters. The number of rotatable bonds is 1. The first-order valence-electron chi connectivity index (χ1n) is 5.25. The van der Waals surface area contributed by atoms with Gasteiger partial charge in [-0.15, -0.1) is 0 Å². The summed E-state index contributed by atoms with van der Waals surface area (Å²) in [7, 11) is 0. The van der Waals surface area contributed by atoms with Crippen molar-refractivity contribution in [1.29, 1.82) is 0 Å². The summed E-state index contributed by atoms with van der Waals surface area (Å²) in [4.78, 5) is 14.4. The first-order valence-corrected chi connectivity index (χ1v) is 5.63. The highest BCUT2D eigenvalue weighted by Gasteiger charge is 2.13. The van der Waals surface area contributed by atoms with Gasteiger partial charge in [0.1, 0.15) is 5.15 Å². The molecule has 5 nitrogen and oxygen atoms in total. The molecule has 0 atom stereocenters. The van der Waals surface area contributed by atoms with E-state index in [0.717, 1.165) is 31.6 Å². The summed E-state index contributed by atoms with van der Waals surface area (Å²) in [5, 5.41) is 0.389. The second-order valence-electron chi connectivity index (χ2n) is 3.80. The second-order valence-corrected chi connectivity index (χ2v) is 4.18. The highest BCUT2D eigenvalue weighted by Crippen LogP contribution is 2.13. The quantitative estimate of drug-likeness (QED) is 0.458. The number of guanidine groups is 1. The summed E-state index contributed by atoms with van der Waals surface area (Å²) in [6.45, 7) is 3.75. The number of hydrogen-bond donors (Lipinski definition) is 1. The van der Waals surface area contributed by atoms with Crippen LogP contribution in [-0.2, 0) is 0 Å². The average Bonchev–Trinajstić information content (AvgIpc) is 2.68. The van der Waals surface area contributed by atoms with E-state index in [2.05, 4.69) is 15.0 Å². The Morgan fingerprint density at radius 2 is 2.12 bits per heavy atom. The standard InChI is InChI=1S/C10H14ClN5/c1-7-6-8(11)14-10(13-7)15-9(12)16-4-2-3-5-16/h6H,2-5H2,1H3,(H2,12,13,14,15). The lowest BCUT2D eigenvalue weighted by molar-refractivity contribution is 0.513. The van der Waals surface area contributed by atoms with E-state index >= 15 is 0 Å². The Kier molecular flexibility index (Phi) is 3.24. The molecule has 0 amide bonds. The Morgan fingerprint density at radius 1 is 1.44 bits per heavy atom. The van der Waals surface area contributed by atoms with Gasteiger partial charge in [-0.05, 0) is 25.8 Å². The maximum Gasteiger partial charge on any atom is 0.254 e. The fourth-order valence-electron chi connectivity index (χ4n) is 1.68. The minimum atomic E-state index is 0.328. The van der Waals surface area contributed by atoms with Crippen LogP contribution < -0.4 is 5.73 Å². The third-order valence-corrected chi connectivity index (χ3v) is 2.65. The van der Waals surface area contributed by atoms with E-state index in [9.17, 15) is 0 Å². The van der Waals surface area contributed by atoms with Crippen molar-refractivity contribution in [2.24, 2.45) is 10.7 Å². The molecule has 6 heteroatoms. The SMILES string of the molecule is Cc1cc(Cl)nc(N=C(N)N2CCCC2)n1. The molecule has 1 aromatic rings. The molecule has 1 aliphatic rings. The maximum atomic E-state index is 5.86. The molecule has 1 aliphatic heterocycles. The Morgan fingerprint density at radius 3 is 2.75 bits per heavy atom. The Hall–Kier alpha value is -1.36. The number of aryl methyl sites for hydroxylation is 1. The van der Waals surface area contributed by atoms with E-state index in [-0.39, 0.29) is 0 Å². The van der Waals surface area contributed by atoms with Crippen LogP contribution in [0.25, 0.3) is 0 Å². The molecular formula is C10H14ClN5. The van der Waals surface area contributed by atoms with Gasteiger partial charge < -0.3 is 10.6 Å². The summed E-state index contributed by atoms with van der Waals surface area (Å²) in [6.07, 6.45) is 2.32. The molecule has 2 N–H and O–H groups in total. The minimum Gasteiger partial charge on any atom is -0.369 e. The topological polar surface area (TPSA) is 67.4 Å². The van der Waals surface area contributed by atoms with Crippen molar-refractivity contribution >= 4 is 23.5 Å². The fourth-order valence-corrected chi connectivity index (χ4v) is 1.92. The first-order chi connectivity index (χ1) is 7.65. The van der Waals surface area contributed by atoms with Crippen LogP contribution in [0.3, 0.4) is 0 Å². The lowest BCUT2D eigenvalue weighted by Gasteiger charge is -2.15. The molecule has 0 spiro atoms. The Bertz CT molecular complexity index is 391. The third-order valence-electron chi connectivity index (χ3n) is 2.46. The molecule has 2 heterocycles. The predicted octanol–water partition coefficient (Wildman–Crippen LogP) is 1.48. The first kappa shape index (κ1) is 11.1. The van der Waals surface area contributed by atoms with Gasteiger partial charge >= 0.3 is 0 Å². The van der Waals surface area contributed by atoms with Crippen LogP contribution in [0, 0.1) is 6.92 Å². The van der Waals surface area contributed by atoms with Gasteiger partial charge in [-0.2, -0.15) is 9.98 Å². The normalized spacial score (nSPS) is 16.9. The molecule has 0 bridgehead atoms. The van der Waals surface area contributed by atoms with E-state index in [1.165, 1.54) is 0 Å². The van der Waals surface area contributed by atoms with E-state index in [4.69, 9.17) is 17.3 Å². The zero-order valence-corrected chi connectivity index (χ0v) is 9.91. The third kappa shape index (κ3) is 2.61. The summed E-state index contributed by atoms with van der Waals surface area (Å²) >= 11 is 5.82. The van der Waals surface area contributed by atoms with Gasteiger partial charge in [0, 0.05) is 18.8 Å². The van der Waals surface area contributed by atoms with Crippen molar-refractivity contribution in [2.75, 3.05) is 13.1 Å². The monoisotopic (exact) mass is 239 g/mol. The molecule has 0 radical (unpaired) electrons. The molecule has 86 valence electrons. The van der Waals surface area contributed by atoms with E-state index < -0.39 is 0 Å². The van der Waals surface area contributed by atoms with Crippen LogP contribution in [-0.4, -0.2) is 33.9 Å². The number of likely N-dealkylation sites (tertiary alicyclic amines) is 1. The van der Waals surface area contributed by atoms with Crippen LogP contribution in [0.1, 0.15) is 18.5 Å². The summed E-state index contributed by atoms with van der Waals surface area (Å²) < 4.78 is 0. The van der Waals surface area contributed by atoms with Crippen LogP contribution in [0.5, 0.6) is 0 Å². The van der Waals surface area contributed by atoms with Crippen LogP contribution in [0.15, 0.2) is 11.1 Å². The number of hydrogen-bond acceptors (Lipinski definition) is 3. The van der Waals surface area contributed by atoms with E-state index in [0.29, 0.717) is 17.1 Å². The van der Waals surface area contributed by atoms with Gasteiger partial charge in [0.05, 0.1) is 0 Å². The molecule has 1 saturated heterocycles.